The van der Waals surface area contributed by atoms with Crippen LogP contribution in [0.25, 0.3) is 0 Å². The van der Waals surface area contributed by atoms with E-state index in [4.69, 9.17) is 12.2 Å². The molecule has 2 aromatic rings. The van der Waals surface area contributed by atoms with E-state index in [0.29, 0.717) is 22.2 Å². The van der Waals surface area contributed by atoms with E-state index in [0.717, 1.165) is 25.0 Å². The molecular weight excluding hydrogens is 419 g/mol. The summed E-state index contributed by atoms with van der Waals surface area (Å²) in [7, 11) is 0. The predicted octanol–water partition coefficient (Wildman–Crippen LogP) is 2.96. The molecule has 0 spiro atoms. The molecular formula is C19H20F3N5O2S. The summed E-state index contributed by atoms with van der Waals surface area (Å²) in [5, 5.41) is 9.68. The van der Waals surface area contributed by atoms with E-state index in [1.165, 1.54) is 17.0 Å². The molecule has 1 saturated carbocycles. The van der Waals surface area contributed by atoms with E-state index < -0.39 is 17.7 Å². The lowest BCUT2D eigenvalue weighted by Gasteiger charge is -2.17. The summed E-state index contributed by atoms with van der Waals surface area (Å²) in [4.78, 5) is 26.2. The first-order valence-electron chi connectivity index (χ1n) is 9.60. The Hall–Kier alpha value is -2.69. The van der Waals surface area contributed by atoms with Crippen LogP contribution in [0.4, 0.5) is 13.2 Å². The molecule has 2 fully saturated rings. The number of hydrogen-bond donors (Lipinski definition) is 2. The van der Waals surface area contributed by atoms with Crippen LogP contribution in [0, 0.1) is 10.7 Å². The van der Waals surface area contributed by atoms with Crippen molar-refractivity contribution in [2.75, 3.05) is 6.54 Å². The topological polar surface area (TPSA) is 83.0 Å². The molecule has 30 heavy (non-hydrogen) atoms. The van der Waals surface area contributed by atoms with Crippen LogP contribution < -0.4 is 5.32 Å². The zero-order chi connectivity index (χ0) is 21.5. The van der Waals surface area contributed by atoms with Crippen LogP contribution in [0.2, 0.25) is 0 Å². The number of rotatable bonds is 6. The van der Waals surface area contributed by atoms with Crippen LogP contribution in [-0.4, -0.2) is 38.0 Å². The average molecular weight is 439 g/mol. The number of nitrogens with one attached hydrogen (secondary N) is 2. The van der Waals surface area contributed by atoms with Crippen molar-refractivity contribution in [1.29, 1.82) is 0 Å². The Morgan fingerprint density at radius 3 is 2.80 bits per heavy atom. The highest BCUT2D eigenvalue weighted by atomic mass is 32.1. The van der Waals surface area contributed by atoms with Crippen molar-refractivity contribution in [2.24, 2.45) is 5.92 Å². The Bertz CT molecular complexity index is 1030. The molecule has 1 aliphatic heterocycles. The van der Waals surface area contributed by atoms with Gasteiger partial charge in [-0.25, -0.2) is 0 Å². The summed E-state index contributed by atoms with van der Waals surface area (Å²) >= 11 is 5.21. The number of nitrogens with zero attached hydrogens (tertiary/aromatic N) is 3. The van der Waals surface area contributed by atoms with Crippen LogP contribution in [0.3, 0.4) is 0 Å². The fourth-order valence-electron chi connectivity index (χ4n) is 3.65. The summed E-state index contributed by atoms with van der Waals surface area (Å²) in [5.41, 5.74) is -0.385. The van der Waals surface area contributed by atoms with Gasteiger partial charge in [0.05, 0.1) is 18.0 Å². The number of aromatic amines is 1. The number of likely N-dealkylation sites (tertiary alicyclic amines) is 1. The summed E-state index contributed by atoms with van der Waals surface area (Å²) in [6, 6.07) is 5.19. The first kappa shape index (κ1) is 20.6. The molecule has 1 aromatic heterocycles. The molecule has 4 rings (SSSR count). The number of hydrogen-bond acceptors (Lipinski definition) is 4. The van der Waals surface area contributed by atoms with Crippen LogP contribution in [0.1, 0.15) is 42.3 Å². The monoisotopic (exact) mass is 439 g/mol. The summed E-state index contributed by atoms with van der Waals surface area (Å²) in [5.74, 6) is -0.458. The molecule has 1 atom stereocenters. The van der Waals surface area contributed by atoms with Crippen LogP contribution in [0.5, 0.6) is 0 Å². The third kappa shape index (κ3) is 4.40. The normalized spacial score (nSPS) is 19.4. The van der Waals surface area contributed by atoms with Crippen molar-refractivity contribution in [3.8, 4) is 0 Å². The van der Waals surface area contributed by atoms with E-state index in [1.54, 1.807) is 0 Å². The highest BCUT2D eigenvalue weighted by molar-refractivity contribution is 7.71. The van der Waals surface area contributed by atoms with Gasteiger partial charge < -0.3 is 10.2 Å². The Morgan fingerprint density at radius 2 is 2.10 bits per heavy atom. The van der Waals surface area contributed by atoms with Crippen molar-refractivity contribution >= 4 is 24.0 Å². The van der Waals surface area contributed by atoms with Crippen LogP contribution in [-0.2, 0) is 28.9 Å². The molecule has 1 unspecified atom stereocenters. The fourth-order valence-corrected chi connectivity index (χ4v) is 3.95. The maximum Gasteiger partial charge on any atom is 0.416 e. The summed E-state index contributed by atoms with van der Waals surface area (Å²) in [6.45, 7) is 0.393. The minimum atomic E-state index is -4.44. The predicted molar refractivity (Wildman–Crippen MR) is 102 cm³/mol. The zero-order valence-corrected chi connectivity index (χ0v) is 16.7. The van der Waals surface area contributed by atoms with Gasteiger partial charge >= 0.3 is 6.18 Å². The van der Waals surface area contributed by atoms with Gasteiger partial charge in [0.2, 0.25) is 11.8 Å². The van der Waals surface area contributed by atoms with Gasteiger partial charge in [-0.15, -0.1) is 0 Å². The van der Waals surface area contributed by atoms with E-state index >= 15 is 0 Å². The van der Waals surface area contributed by atoms with Gasteiger partial charge in [0.25, 0.3) is 0 Å². The third-order valence-electron chi connectivity index (χ3n) is 5.32. The zero-order valence-electron chi connectivity index (χ0n) is 15.9. The van der Waals surface area contributed by atoms with Crippen LogP contribution in [0.15, 0.2) is 24.3 Å². The Kier molecular flexibility index (Phi) is 5.39. The van der Waals surface area contributed by atoms with Gasteiger partial charge in [0, 0.05) is 25.6 Å². The minimum absolute atomic E-state index is 0.0280. The lowest BCUT2D eigenvalue weighted by Crippen LogP contribution is -2.33. The highest BCUT2D eigenvalue weighted by Gasteiger charge is 2.35. The van der Waals surface area contributed by atoms with Crippen molar-refractivity contribution < 1.29 is 22.8 Å². The van der Waals surface area contributed by atoms with Gasteiger partial charge in [-0.2, -0.15) is 18.3 Å². The number of carbonyl (C=O) groups excluding carboxylic acids is 2. The number of benzene rings is 1. The maximum atomic E-state index is 12.9. The Balaban J connectivity index is 1.35. The third-order valence-corrected chi connectivity index (χ3v) is 5.61. The molecule has 1 aromatic carbocycles. The largest absolute Gasteiger partial charge is 0.416 e. The lowest BCUT2D eigenvalue weighted by molar-refractivity contribution is -0.137. The van der Waals surface area contributed by atoms with Gasteiger partial charge in [-0.05, 0) is 42.8 Å². The highest BCUT2D eigenvalue weighted by Crippen LogP contribution is 2.35. The molecule has 2 N–H and O–H groups in total. The summed E-state index contributed by atoms with van der Waals surface area (Å²) in [6.07, 6.45) is -2.37. The molecule has 2 heterocycles. The second kappa shape index (κ2) is 7.86. The van der Waals surface area contributed by atoms with E-state index in [2.05, 4.69) is 15.5 Å². The van der Waals surface area contributed by atoms with Gasteiger partial charge in [-0.1, -0.05) is 12.1 Å². The second-order valence-electron chi connectivity index (χ2n) is 7.64. The molecule has 1 aliphatic carbocycles. The Morgan fingerprint density at radius 1 is 1.33 bits per heavy atom. The van der Waals surface area contributed by atoms with Gasteiger partial charge in [0.15, 0.2) is 10.6 Å². The number of halogens is 3. The van der Waals surface area contributed by atoms with E-state index in [-0.39, 0.29) is 37.9 Å². The van der Waals surface area contributed by atoms with Crippen molar-refractivity contribution in [3.05, 3.63) is 46.0 Å². The lowest BCUT2D eigenvalue weighted by atomic mass is 10.1. The minimum Gasteiger partial charge on any atom is -0.348 e. The number of aromatic nitrogens is 3. The number of H-pyrrole nitrogens is 1. The average Bonchev–Trinajstić information content (AvgIpc) is 3.37. The van der Waals surface area contributed by atoms with Crippen molar-refractivity contribution in [3.63, 3.8) is 0 Å². The Labute approximate surface area is 175 Å². The quantitative estimate of drug-likeness (QED) is 0.678. The summed E-state index contributed by atoms with van der Waals surface area (Å²) < 4.78 is 41.1. The molecule has 11 heteroatoms. The molecule has 0 radical (unpaired) electrons. The molecule has 2 aliphatic rings. The number of alkyl halides is 3. The molecule has 0 bridgehead atoms. The number of amides is 2. The van der Waals surface area contributed by atoms with Crippen molar-refractivity contribution in [1.82, 2.24) is 25.0 Å². The van der Waals surface area contributed by atoms with E-state index in [1.807, 2.05) is 4.57 Å². The standard InChI is InChI=1S/C19H20F3N5O2S/c20-19(21,22)13-3-1-2-11(6-13)9-26-10-12(7-16(26)28)17(29)23-8-15-24-25-18(30)27(15)14-4-5-14/h1-3,6,12,14H,4-5,7-10H2,(H,23,29)(H,25,30). The maximum absolute atomic E-state index is 12.9. The fraction of sp³-hybridized carbons (Fsp3) is 0.474. The molecule has 2 amide bonds. The van der Waals surface area contributed by atoms with Crippen molar-refractivity contribution in [2.45, 2.75) is 44.6 Å². The van der Waals surface area contributed by atoms with Gasteiger partial charge in [0.1, 0.15) is 0 Å². The first-order valence-corrected chi connectivity index (χ1v) is 10.0. The first-order chi connectivity index (χ1) is 14.2. The van der Waals surface area contributed by atoms with E-state index in [9.17, 15) is 22.8 Å². The smallest absolute Gasteiger partial charge is 0.348 e. The molecule has 1 saturated heterocycles. The molecule has 7 nitrogen and oxygen atoms in total. The number of carbonyl (C=O) groups is 2. The SMILES string of the molecule is O=C(NCc1n[nH]c(=S)n1C1CC1)C1CC(=O)N(Cc2cccc(C(F)(F)F)c2)C1. The van der Waals surface area contributed by atoms with Gasteiger partial charge in [-0.3, -0.25) is 19.3 Å². The molecule has 160 valence electrons. The van der Waals surface area contributed by atoms with Crippen LogP contribution >= 0.6 is 12.2 Å². The second-order valence-corrected chi connectivity index (χ2v) is 8.02.